The topological polar surface area (TPSA) is 87.7 Å². The molecule has 2 saturated heterocycles. The van der Waals surface area contributed by atoms with E-state index in [2.05, 4.69) is 10.6 Å². The van der Waals surface area contributed by atoms with E-state index in [4.69, 9.17) is 9.84 Å². The summed E-state index contributed by atoms with van der Waals surface area (Å²) in [6.07, 6.45) is 5.37. The predicted molar refractivity (Wildman–Crippen MR) is 73.4 cm³/mol. The fraction of sp³-hybridized carbons (Fsp3) is 0.857. The third kappa shape index (κ3) is 4.76. The van der Waals surface area contributed by atoms with Gasteiger partial charge in [0.2, 0.25) is 5.91 Å². The molecule has 0 aliphatic carbocycles. The second-order valence-corrected chi connectivity index (χ2v) is 5.65. The van der Waals surface area contributed by atoms with Crippen molar-refractivity contribution >= 4 is 11.9 Å². The lowest BCUT2D eigenvalue weighted by Crippen LogP contribution is -2.37. The Labute approximate surface area is 119 Å². The van der Waals surface area contributed by atoms with Crippen molar-refractivity contribution in [3.8, 4) is 0 Å². The molecule has 0 radical (unpaired) electrons. The van der Waals surface area contributed by atoms with Gasteiger partial charge in [-0.25, -0.2) is 4.79 Å². The van der Waals surface area contributed by atoms with Crippen molar-refractivity contribution in [2.45, 2.75) is 63.2 Å². The molecule has 0 spiro atoms. The number of carboxylic acids is 1. The third-order valence-corrected chi connectivity index (χ3v) is 4.04. The summed E-state index contributed by atoms with van der Waals surface area (Å²) in [7, 11) is 0. The van der Waals surface area contributed by atoms with E-state index in [0.29, 0.717) is 31.8 Å². The number of piperidine rings is 1. The Morgan fingerprint density at radius 3 is 2.75 bits per heavy atom. The molecule has 0 aromatic heterocycles. The van der Waals surface area contributed by atoms with Crippen molar-refractivity contribution in [1.29, 1.82) is 0 Å². The van der Waals surface area contributed by atoms with E-state index in [0.717, 1.165) is 19.4 Å². The number of rotatable bonds is 6. The number of ether oxygens (including phenoxy) is 1. The average molecular weight is 284 g/mol. The van der Waals surface area contributed by atoms with Crippen LogP contribution in [0.2, 0.25) is 0 Å². The highest BCUT2D eigenvalue weighted by molar-refractivity contribution is 5.76. The van der Waals surface area contributed by atoms with Gasteiger partial charge in [-0.1, -0.05) is 6.42 Å². The molecule has 3 unspecified atom stereocenters. The lowest BCUT2D eigenvalue weighted by Gasteiger charge is -2.23. The van der Waals surface area contributed by atoms with Crippen LogP contribution < -0.4 is 10.6 Å². The zero-order valence-corrected chi connectivity index (χ0v) is 11.8. The van der Waals surface area contributed by atoms with Gasteiger partial charge in [0.25, 0.3) is 0 Å². The van der Waals surface area contributed by atoms with E-state index in [-0.39, 0.29) is 12.0 Å². The minimum atomic E-state index is -0.915. The molecule has 20 heavy (non-hydrogen) atoms. The first-order valence-electron chi connectivity index (χ1n) is 7.53. The lowest BCUT2D eigenvalue weighted by atomic mass is 10.0. The van der Waals surface area contributed by atoms with Gasteiger partial charge in [0.15, 0.2) is 6.10 Å². The van der Waals surface area contributed by atoms with Crippen LogP contribution in [-0.2, 0) is 14.3 Å². The molecule has 2 rings (SSSR count). The van der Waals surface area contributed by atoms with E-state index in [1.807, 2.05) is 0 Å². The van der Waals surface area contributed by atoms with Crippen molar-refractivity contribution in [2.75, 3.05) is 13.1 Å². The first-order chi connectivity index (χ1) is 9.65. The van der Waals surface area contributed by atoms with E-state index in [9.17, 15) is 9.59 Å². The number of carbonyl (C=O) groups excluding carboxylic acids is 1. The molecular formula is C14H24N2O4. The fourth-order valence-electron chi connectivity index (χ4n) is 2.83. The van der Waals surface area contributed by atoms with Crippen molar-refractivity contribution < 1.29 is 19.4 Å². The van der Waals surface area contributed by atoms with E-state index in [1.54, 1.807) is 0 Å². The van der Waals surface area contributed by atoms with Crippen LogP contribution in [0.1, 0.15) is 44.9 Å². The Morgan fingerprint density at radius 2 is 2.10 bits per heavy atom. The van der Waals surface area contributed by atoms with Crippen molar-refractivity contribution in [2.24, 2.45) is 0 Å². The molecule has 2 heterocycles. The Kier molecular flexibility index (Phi) is 5.79. The molecule has 2 aliphatic rings. The van der Waals surface area contributed by atoms with Gasteiger partial charge in [-0.2, -0.15) is 0 Å². The minimum Gasteiger partial charge on any atom is -0.479 e. The van der Waals surface area contributed by atoms with Crippen molar-refractivity contribution in [3.63, 3.8) is 0 Å². The van der Waals surface area contributed by atoms with Gasteiger partial charge in [-0.15, -0.1) is 0 Å². The van der Waals surface area contributed by atoms with Gasteiger partial charge in [-0.3, -0.25) is 4.79 Å². The van der Waals surface area contributed by atoms with Gasteiger partial charge in [0.05, 0.1) is 6.10 Å². The Morgan fingerprint density at radius 1 is 1.25 bits per heavy atom. The molecule has 6 nitrogen and oxygen atoms in total. The number of hydrogen-bond acceptors (Lipinski definition) is 4. The number of carbonyl (C=O) groups is 2. The van der Waals surface area contributed by atoms with Gasteiger partial charge >= 0.3 is 5.97 Å². The number of aliphatic carboxylic acids is 1. The molecule has 3 N–H and O–H groups in total. The third-order valence-electron chi connectivity index (χ3n) is 4.04. The summed E-state index contributed by atoms with van der Waals surface area (Å²) in [5.74, 6) is -0.887. The molecule has 0 aromatic carbocycles. The molecule has 0 aromatic rings. The number of amides is 1. The highest BCUT2D eigenvalue weighted by Crippen LogP contribution is 2.19. The van der Waals surface area contributed by atoms with Crippen LogP contribution in [0, 0.1) is 0 Å². The van der Waals surface area contributed by atoms with Gasteiger partial charge in [0.1, 0.15) is 0 Å². The number of hydrogen-bond donors (Lipinski definition) is 3. The van der Waals surface area contributed by atoms with Crippen LogP contribution in [-0.4, -0.2) is 48.3 Å². The highest BCUT2D eigenvalue weighted by Gasteiger charge is 2.30. The van der Waals surface area contributed by atoms with Crippen LogP contribution in [0.5, 0.6) is 0 Å². The predicted octanol–water partition coefficient (Wildman–Crippen LogP) is 0.657. The Hall–Kier alpha value is -1.14. The van der Waals surface area contributed by atoms with Gasteiger partial charge in [-0.05, 0) is 38.6 Å². The zero-order chi connectivity index (χ0) is 14.4. The van der Waals surface area contributed by atoms with Crippen LogP contribution in [0.15, 0.2) is 0 Å². The summed E-state index contributed by atoms with van der Waals surface area (Å²) in [5.41, 5.74) is 0. The summed E-state index contributed by atoms with van der Waals surface area (Å²) < 4.78 is 5.34. The molecule has 0 bridgehead atoms. The maximum Gasteiger partial charge on any atom is 0.332 e. The van der Waals surface area contributed by atoms with Crippen LogP contribution in [0.25, 0.3) is 0 Å². The Balaban J connectivity index is 1.57. The van der Waals surface area contributed by atoms with E-state index >= 15 is 0 Å². The largest absolute Gasteiger partial charge is 0.479 e. The summed E-state index contributed by atoms with van der Waals surface area (Å²) in [5, 5.41) is 15.1. The monoisotopic (exact) mass is 284 g/mol. The first kappa shape index (κ1) is 15.3. The maximum atomic E-state index is 11.7. The smallest absolute Gasteiger partial charge is 0.332 e. The molecule has 6 heteroatoms. The maximum absolute atomic E-state index is 11.7. The van der Waals surface area contributed by atoms with E-state index in [1.165, 1.54) is 12.8 Å². The summed E-state index contributed by atoms with van der Waals surface area (Å²) in [6.45, 7) is 1.47. The highest BCUT2D eigenvalue weighted by atomic mass is 16.5. The van der Waals surface area contributed by atoms with Crippen LogP contribution in [0.3, 0.4) is 0 Å². The minimum absolute atomic E-state index is 0.0275. The first-order valence-corrected chi connectivity index (χ1v) is 7.53. The lowest BCUT2D eigenvalue weighted by molar-refractivity contribution is -0.149. The second kappa shape index (κ2) is 7.59. The van der Waals surface area contributed by atoms with E-state index < -0.39 is 12.1 Å². The zero-order valence-electron chi connectivity index (χ0n) is 11.8. The number of carboxylic acid groups (broad SMARTS) is 1. The molecule has 114 valence electrons. The standard InChI is InChI=1S/C14H24N2O4/c17-13(7-4-10-3-1-2-8-15-10)16-9-11-5-6-12(20-11)14(18)19/h10-12,15H,1-9H2,(H,16,17)(H,18,19). The normalized spacial score (nSPS) is 30.1. The SMILES string of the molecule is O=C(CCC1CCCCN1)NCC1CCC(C(=O)O)O1. The van der Waals surface area contributed by atoms with Crippen molar-refractivity contribution in [1.82, 2.24) is 10.6 Å². The summed E-state index contributed by atoms with van der Waals surface area (Å²) >= 11 is 0. The van der Waals surface area contributed by atoms with Gasteiger partial charge in [0, 0.05) is 19.0 Å². The van der Waals surface area contributed by atoms with Crippen LogP contribution >= 0.6 is 0 Å². The fourth-order valence-corrected chi connectivity index (χ4v) is 2.83. The average Bonchev–Trinajstić information content (AvgIpc) is 2.93. The molecular weight excluding hydrogens is 260 g/mol. The van der Waals surface area contributed by atoms with Crippen molar-refractivity contribution in [3.05, 3.63) is 0 Å². The second-order valence-electron chi connectivity index (χ2n) is 5.65. The number of nitrogens with one attached hydrogen (secondary N) is 2. The molecule has 2 fully saturated rings. The van der Waals surface area contributed by atoms with Gasteiger partial charge < -0.3 is 20.5 Å². The summed E-state index contributed by atoms with van der Waals surface area (Å²) in [6, 6.07) is 0.466. The molecule has 2 aliphatic heterocycles. The summed E-state index contributed by atoms with van der Waals surface area (Å²) in [4.78, 5) is 22.5. The molecule has 0 saturated carbocycles. The molecule has 3 atom stereocenters. The Bertz CT molecular complexity index is 342. The van der Waals surface area contributed by atoms with Crippen LogP contribution in [0.4, 0.5) is 0 Å². The quantitative estimate of drug-likeness (QED) is 0.667. The molecule has 1 amide bonds.